The van der Waals surface area contributed by atoms with Crippen LogP contribution in [-0.4, -0.2) is 37.4 Å². The van der Waals surface area contributed by atoms with Crippen molar-refractivity contribution >= 4 is 16.7 Å². The molecular weight excluding hydrogens is 378 g/mol. The van der Waals surface area contributed by atoms with Gasteiger partial charge in [0, 0.05) is 37.0 Å². The van der Waals surface area contributed by atoms with Crippen LogP contribution in [0.25, 0.3) is 27.8 Å². The molecule has 9 heteroatoms. The summed E-state index contributed by atoms with van der Waals surface area (Å²) >= 11 is 0. The predicted octanol–water partition coefficient (Wildman–Crippen LogP) is 2.63. The lowest BCUT2D eigenvalue weighted by molar-refractivity contribution is 0.104. The Bertz CT molecular complexity index is 1310. The summed E-state index contributed by atoms with van der Waals surface area (Å²) in [4.78, 5) is 27.9. The molecule has 0 bridgehead atoms. The van der Waals surface area contributed by atoms with Crippen molar-refractivity contribution in [3.05, 3.63) is 58.4 Å². The summed E-state index contributed by atoms with van der Waals surface area (Å²) in [5, 5.41) is 3.14. The molecule has 148 valence electrons. The molecule has 1 saturated heterocycles. The zero-order chi connectivity index (χ0) is 20.2. The highest BCUT2D eigenvalue weighted by Gasteiger charge is 2.36. The van der Waals surface area contributed by atoms with E-state index in [2.05, 4.69) is 25.3 Å². The van der Waals surface area contributed by atoms with Crippen LogP contribution in [0.3, 0.4) is 0 Å². The Morgan fingerprint density at radius 3 is 2.72 bits per heavy atom. The van der Waals surface area contributed by atoms with Gasteiger partial charge in [-0.05, 0) is 37.7 Å². The van der Waals surface area contributed by atoms with E-state index < -0.39 is 17.0 Å². The van der Waals surface area contributed by atoms with Gasteiger partial charge in [0.25, 0.3) is 5.56 Å². The fraction of sp³-hybridized carbons (Fsp3) is 0.300. The van der Waals surface area contributed by atoms with Crippen LogP contribution in [0, 0.1) is 12.7 Å². The SMILES string of the molecule is Cc1cn2cc(-c3cc(F)c4nc(C5(F)CCNCC5)[nH]c(=O)c4c3)cnc2n1. The Hall–Kier alpha value is -3.20. The van der Waals surface area contributed by atoms with Gasteiger partial charge in [-0.15, -0.1) is 0 Å². The first kappa shape index (κ1) is 17.9. The van der Waals surface area contributed by atoms with Crippen LogP contribution in [0.5, 0.6) is 0 Å². The molecule has 0 saturated carbocycles. The molecule has 1 aliphatic heterocycles. The summed E-state index contributed by atoms with van der Waals surface area (Å²) in [5.74, 6) is -0.253. The van der Waals surface area contributed by atoms with Gasteiger partial charge in [0.1, 0.15) is 17.2 Å². The van der Waals surface area contributed by atoms with Crippen molar-refractivity contribution in [3.8, 4) is 11.1 Å². The third-order valence-electron chi connectivity index (χ3n) is 5.35. The first-order valence-electron chi connectivity index (χ1n) is 9.38. The molecule has 0 radical (unpaired) electrons. The van der Waals surface area contributed by atoms with Crippen LogP contribution >= 0.6 is 0 Å². The van der Waals surface area contributed by atoms with Gasteiger partial charge < -0.3 is 10.3 Å². The van der Waals surface area contributed by atoms with Crippen LogP contribution in [0.4, 0.5) is 8.78 Å². The summed E-state index contributed by atoms with van der Waals surface area (Å²) in [7, 11) is 0. The number of rotatable bonds is 2. The number of H-pyrrole nitrogens is 1. The summed E-state index contributed by atoms with van der Waals surface area (Å²) < 4.78 is 31.9. The lowest BCUT2D eigenvalue weighted by atomic mass is 9.93. The zero-order valence-electron chi connectivity index (χ0n) is 15.7. The first-order chi connectivity index (χ1) is 13.9. The number of aromatic nitrogens is 5. The van der Waals surface area contributed by atoms with Crippen molar-refractivity contribution in [2.45, 2.75) is 25.4 Å². The van der Waals surface area contributed by atoms with Crippen LogP contribution in [-0.2, 0) is 5.67 Å². The molecule has 0 spiro atoms. The molecule has 2 N–H and O–H groups in total. The lowest BCUT2D eigenvalue weighted by Crippen LogP contribution is -2.39. The molecule has 0 atom stereocenters. The van der Waals surface area contributed by atoms with E-state index in [4.69, 9.17) is 0 Å². The number of nitrogens with zero attached hydrogens (tertiary/aromatic N) is 4. The summed E-state index contributed by atoms with van der Waals surface area (Å²) in [5.41, 5.74) is -0.542. The molecule has 3 aromatic heterocycles. The molecule has 1 fully saturated rings. The average Bonchev–Trinajstić information content (AvgIpc) is 3.08. The molecule has 0 aliphatic carbocycles. The normalized spacial score (nSPS) is 16.5. The van der Waals surface area contributed by atoms with E-state index in [0.717, 1.165) is 5.69 Å². The molecule has 7 nitrogen and oxygen atoms in total. The number of imidazole rings is 1. The first-order valence-corrected chi connectivity index (χ1v) is 9.38. The topological polar surface area (TPSA) is 88.0 Å². The molecule has 5 rings (SSSR count). The van der Waals surface area contributed by atoms with Crippen LogP contribution in [0.15, 0.2) is 35.5 Å². The van der Waals surface area contributed by atoms with E-state index in [1.165, 1.54) is 6.07 Å². The van der Waals surface area contributed by atoms with Gasteiger partial charge in [0.15, 0.2) is 5.67 Å². The number of hydrogen-bond donors (Lipinski definition) is 2. The largest absolute Gasteiger partial charge is 0.316 e. The van der Waals surface area contributed by atoms with Gasteiger partial charge in [0.2, 0.25) is 5.78 Å². The fourth-order valence-electron chi connectivity index (χ4n) is 3.79. The van der Waals surface area contributed by atoms with Gasteiger partial charge in [-0.1, -0.05) is 0 Å². The number of alkyl halides is 1. The fourth-order valence-corrected chi connectivity index (χ4v) is 3.79. The highest BCUT2D eigenvalue weighted by atomic mass is 19.1. The third kappa shape index (κ3) is 2.98. The minimum Gasteiger partial charge on any atom is -0.316 e. The second-order valence-electron chi connectivity index (χ2n) is 7.42. The quantitative estimate of drug-likeness (QED) is 0.544. The maximum Gasteiger partial charge on any atom is 0.258 e. The molecule has 29 heavy (non-hydrogen) atoms. The summed E-state index contributed by atoms with van der Waals surface area (Å²) in [6.07, 6.45) is 5.51. The Labute approximate surface area is 163 Å². The number of aryl methyl sites for hydroxylation is 1. The standard InChI is InChI=1S/C20H18F2N6O/c1-11-9-28-10-13(8-24-19(28)25-11)12-6-14-16(15(21)7-12)26-18(27-17(14)29)20(22)2-4-23-5-3-20/h6-10,23H,2-5H2,1H3,(H,26,27,29). The van der Waals surface area contributed by atoms with E-state index in [1.54, 1.807) is 22.9 Å². The minimum absolute atomic E-state index is 0.0724. The van der Waals surface area contributed by atoms with Gasteiger partial charge in [-0.2, -0.15) is 0 Å². The van der Waals surface area contributed by atoms with E-state index in [9.17, 15) is 9.18 Å². The number of aromatic amines is 1. The van der Waals surface area contributed by atoms with E-state index in [1.807, 2.05) is 13.1 Å². The highest BCUT2D eigenvalue weighted by Crippen LogP contribution is 2.33. The van der Waals surface area contributed by atoms with E-state index in [-0.39, 0.29) is 29.6 Å². The summed E-state index contributed by atoms with van der Waals surface area (Å²) in [6.45, 7) is 2.80. The summed E-state index contributed by atoms with van der Waals surface area (Å²) in [6, 6.07) is 2.84. The molecule has 1 aromatic carbocycles. The van der Waals surface area contributed by atoms with Crippen LogP contribution in [0.2, 0.25) is 0 Å². The monoisotopic (exact) mass is 396 g/mol. The Balaban J connectivity index is 1.65. The number of benzene rings is 1. The Kier molecular flexibility index (Phi) is 3.95. The molecule has 0 unspecified atom stereocenters. The second kappa shape index (κ2) is 6.41. The van der Waals surface area contributed by atoms with Crippen LogP contribution in [0.1, 0.15) is 24.4 Å². The van der Waals surface area contributed by atoms with Crippen molar-refractivity contribution in [1.29, 1.82) is 0 Å². The number of halogens is 2. The van der Waals surface area contributed by atoms with Crippen molar-refractivity contribution in [2.24, 2.45) is 0 Å². The maximum absolute atomic E-state index is 15.2. The molecular formula is C20H18F2N6O. The molecule has 4 aromatic rings. The Morgan fingerprint density at radius 1 is 1.14 bits per heavy atom. The lowest BCUT2D eigenvalue weighted by Gasteiger charge is -2.29. The van der Waals surface area contributed by atoms with Gasteiger partial charge in [-0.25, -0.2) is 23.7 Å². The third-order valence-corrected chi connectivity index (χ3v) is 5.35. The van der Waals surface area contributed by atoms with Gasteiger partial charge in [0.05, 0.1) is 11.1 Å². The van der Waals surface area contributed by atoms with Crippen molar-refractivity contribution in [1.82, 2.24) is 29.7 Å². The number of nitrogens with one attached hydrogen (secondary N) is 2. The molecule has 0 amide bonds. The number of piperidine rings is 1. The van der Waals surface area contributed by atoms with Crippen molar-refractivity contribution in [3.63, 3.8) is 0 Å². The number of hydrogen-bond acceptors (Lipinski definition) is 5. The van der Waals surface area contributed by atoms with Crippen molar-refractivity contribution in [2.75, 3.05) is 13.1 Å². The van der Waals surface area contributed by atoms with Crippen molar-refractivity contribution < 1.29 is 8.78 Å². The minimum atomic E-state index is -1.77. The smallest absolute Gasteiger partial charge is 0.258 e. The predicted molar refractivity (Wildman–Crippen MR) is 104 cm³/mol. The number of fused-ring (bicyclic) bond motifs is 2. The Morgan fingerprint density at radius 2 is 1.93 bits per heavy atom. The second-order valence-corrected chi connectivity index (χ2v) is 7.42. The zero-order valence-corrected chi connectivity index (χ0v) is 15.7. The van der Waals surface area contributed by atoms with Crippen LogP contribution < -0.4 is 10.9 Å². The molecule has 1 aliphatic rings. The van der Waals surface area contributed by atoms with E-state index in [0.29, 0.717) is 30.0 Å². The van der Waals surface area contributed by atoms with Gasteiger partial charge >= 0.3 is 0 Å². The van der Waals surface area contributed by atoms with Gasteiger partial charge in [-0.3, -0.25) is 9.20 Å². The maximum atomic E-state index is 15.2. The van der Waals surface area contributed by atoms with E-state index >= 15 is 4.39 Å². The molecule has 4 heterocycles. The highest BCUT2D eigenvalue weighted by molar-refractivity contribution is 5.84. The average molecular weight is 396 g/mol.